The molecular weight excluding hydrogens is 310 g/mol. The van der Waals surface area contributed by atoms with Crippen LogP contribution in [0.3, 0.4) is 0 Å². The molecule has 1 aromatic carbocycles. The Labute approximate surface area is 128 Å². The predicted octanol–water partition coefficient (Wildman–Crippen LogP) is 1.39. The molecule has 1 saturated heterocycles. The second kappa shape index (κ2) is 5.43. The van der Waals surface area contributed by atoms with Gasteiger partial charge < -0.3 is 9.64 Å². The Morgan fingerprint density at radius 2 is 1.95 bits per heavy atom. The molecule has 1 aliphatic rings. The SMILES string of the molecule is COc1cccc2sc(N3CCN(S(C)(=O)=O)CC3)nc12. The van der Waals surface area contributed by atoms with Gasteiger partial charge in [-0.3, -0.25) is 0 Å². The fourth-order valence-corrected chi connectivity index (χ4v) is 4.28. The van der Waals surface area contributed by atoms with Crippen LogP contribution >= 0.6 is 11.3 Å². The van der Waals surface area contributed by atoms with Crippen molar-refractivity contribution in [2.24, 2.45) is 0 Å². The number of anilines is 1. The minimum Gasteiger partial charge on any atom is -0.494 e. The summed E-state index contributed by atoms with van der Waals surface area (Å²) in [4.78, 5) is 6.78. The van der Waals surface area contributed by atoms with Crippen LogP contribution in [0.2, 0.25) is 0 Å². The highest BCUT2D eigenvalue weighted by Crippen LogP contribution is 2.34. The molecule has 2 aromatic rings. The third kappa shape index (κ3) is 2.83. The number of rotatable bonds is 3. The van der Waals surface area contributed by atoms with Gasteiger partial charge in [-0.15, -0.1) is 0 Å². The molecular formula is C13H17N3O3S2. The highest BCUT2D eigenvalue weighted by atomic mass is 32.2. The molecule has 0 N–H and O–H groups in total. The third-order valence-corrected chi connectivity index (χ3v) is 5.95. The molecule has 1 aliphatic heterocycles. The van der Waals surface area contributed by atoms with Gasteiger partial charge in [0.15, 0.2) is 5.13 Å². The number of hydrogen-bond donors (Lipinski definition) is 0. The summed E-state index contributed by atoms with van der Waals surface area (Å²) in [5, 5.41) is 0.919. The molecule has 0 amide bonds. The molecule has 0 bridgehead atoms. The van der Waals surface area contributed by atoms with E-state index in [0.29, 0.717) is 26.2 Å². The van der Waals surface area contributed by atoms with E-state index in [-0.39, 0.29) is 0 Å². The maximum Gasteiger partial charge on any atom is 0.211 e. The minimum atomic E-state index is -3.10. The van der Waals surface area contributed by atoms with Crippen LogP contribution in [-0.4, -0.2) is 57.3 Å². The lowest BCUT2D eigenvalue weighted by atomic mass is 10.3. The van der Waals surface area contributed by atoms with Gasteiger partial charge in [-0.25, -0.2) is 13.4 Å². The normalized spacial score (nSPS) is 17.3. The van der Waals surface area contributed by atoms with E-state index in [4.69, 9.17) is 4.74 Å². The maximum atomic E-state index is 11.5. The number of piperazine rings is 1. The Bertz CT molecular complexity index is 749. The van der Waals surface area contributed by atoms with Crippen molar-refractivity contribution in [1.29, 1.82) is 0 Å². The molecule has 1 aromatic heterocycles. The number of hydrogen-bond acceptors (Lipinski definition) is 6. The van der Waals surface area contributed by atoms with Crippen LogP contribution in [0.25, 0.3) is 10.2 Å². The third-order valence-electron chi connectivity index (χ3n) is 3.57. The average molecular weight is 327 g/mol. The largest absolute Gasteiger partial charge is 0.494 e. The van der Waals surface area contributed by atoms with Crippen molar-refractivity contribution in [1.82, 2.24) is 9.29 Å². The van der Waals surface area contributed by atoms with Gasteiger partial charge in [-0.1, -0.05) is 17.4 Å². The van der Waals surface area contributed by atoms with Crippen LogP contribution in [-0.2, 0) is 10.0 Å². The zero-order valence-corrected chi connectivity index (χ0v) is 13.6. The van der Waals surface area contributed by atoms with Crippen molar-refractivity contribution in [3.8, 4) is 5.75 Å². The van der Waals surface area contributed by atoms with E-state index in [1.807, 2.05) is 18.2 Å². The van der Waals surface area contributed by atoms with E-state index >= 15 is 0 Å². The van der Waals surface area contributed by atoms with Crippen molar-refractivity contribution in [2.75, 3.05) is 44.4 Å². The van der Waals surface area contributed by atoms with Gasteiger partial charge in [0, 0.05) is 26.2 Å². The van der Waals surface area contributed by atoms with E-state index in [1.165, 1.54) is 10.6 Å². The van der Waals surface area contributed by atoms with Crippen molar-refractivity contribution in [2.45, 2.75) is 0 Å². The summed E-state index contributed by atoms with van der Waals surface area (Å²) >= 11 is 1.61. The molecule has 1 fully saturated rings. The quantitative estimate of drug-likeness (QED) is 0.852. The fraction of sp³-hybridized carbons (Fsp3) is 0.462. The van der Waals surface area contributed by atoms with Gasteiger partial charge in [0.1, 0.15) is 11.3 Å². The van der Waals surface area contributed by atoms with Gasteiger partial charge in [0.25, 0.3) is 0 Å². The second-order valence-corrected chi connectivity index (χ2v) is 7.94. The smallest absolute Gasteiger partial charge is 0.211 e. The number of thiazole rings is 1. The zero-order chi connectivity index (χ0) is 15.0. The molecule has 6 nitrogen and oxygen atoms in total. The summed E-state index contributed by atoms with van der Waals surface area (Å²) in [6.45, 7) is 2.34. The zero-order valence-electron chi connectivity index (χ0n) is 11.9. The van der Waals surface area contributed by atoms with E-state index in [0.717, 1.165) is 21.1 Å². The highest BCUT2D eigenvalue weighted by molar-refractivity contribution is 7.88. The number of methoxy groups -OCH3 is 1. The molecule has 3 rings (SSSR count). The van der Waals surface area contributed by atoms with Crippen LogP contribution in [0.4, 0.5) is 5.13 Å². The summed E-state index contributed by atoms with van der Waals surface area (Å²) in [5.41, 5.74) is 0.866. The first-order chi connectivity index (χ1) is 9.99. The van der Waals surface area contributed by atoms with Crippen LogP contribution in [0, 0.1) is 0 Å². The Hall–Kier alpha value is -1.38. The van der Waals surface area contributed by atoms with E-state index in [1.54, 1.807) is 18.4 Å². The highest BCUT2D eigenvalue weighted by Gasteiger charge is 2.25. The second-order valence-electron chi connectivity index (χ2n) is 4.95. The molecule has 114 valence electrons. The molecule has 0 spiro atoms. The Morgan fingerprint density at radius 3 is 2.57 bits per heavy atom. The van der Waals surface area contributed by atoms with Gasteiger partial charge >= 0.3 is 0 Å². The average Bonchev–Trinajstić information content (AvgIpc) is 2.90. The number of ether oxygens (including phenoxy) is 1. The number of sulfonamides is 1. The monoisotopic (exact) mass is 327 g/mol. The van der Waals surface area contributed by atoms with Gasteiger partial charge in [-0.05, 0) is 12.1 Å². The molecule has 2 heterocycles. The number of aromatic nitrogens is 1. The topological polar surface area (TPSA) is 62.7 Å². The molecule has 8 heteroatoms. The summed E-state index contributed by atoms with van der Waals surface area (Å²) in [6.07, 6.45) is 1.26. The first-order valence-electron chi connectivity index (χ1n) is 6.62. The number of para-hydroxylation sites is 1. The fourth-order valence-electron chi connectivity index (χ4n) is 2.42. The summed E-state index contributed by atoms with van der Waals surface area (Å²) in [6, 6.07) is 5.87. The molecule has 0 unspecified atom stereocenters. The van der Waals surface area contributed by atoms with Crippen molar-refractivity contribution in [3.63, 3.8) is 0 Å². The summed E-state index contributed by atoms with van der Waals surface area (Å²) in [5.74, 6) is 0.768. The van der Waals surface area contributed by atoms with Gasteiger partial charge in [0.2, 0.25) is 10.0 Å². The summed E-state index contributed by atoms with van der Waals surface area (Å²) < 4.78 is 31.0. The van der Waals surface area contributed by atoms with Crippen LogP contribution < -0.4 is 9.64 Å². The molecule has 0 radical (unpaired) electrons. The van der Waals surface area contributed by atoms with Crippen LogP contribution in [0.15, 0.2) is 18.2 Å². The number of fused-ring (bicyclic) bond motifs is 1. The van der Waals surface area contributed by atoms with Crippen LogP contribution in [0.1, 0.15) is 0 Å². The predicted molar refractivity (Wildman–Crippen MR) is 84.8 cm³/mol. The lowest BCUT2D eigenvalue weighted by Gasteiger charge is -2.32. The van der Waals surface area contributed by atoms with E-state index < -0.39 is 10.0 Å². The van der Waals surface area contributed by atoms with Gasteiger partial charge in [-0.2, -0.15) is 4.31 Å². The lowest BCUT2D eigenvalue weighted by Crippen LogP contribution is -2.48. The van der Waals surface area contributed by atoms with Crippen LogP contribution in [0.5, 0.6) is 5.75 Å². The van der Waals surface area contributed by atoms with Crippen molar-refractivity contribution >= 4 is 36.7 Å². The number of nitrogens with zero attached hydrogens (tertiary/aromatic N) is 3. The summed E-state index contributed by atoms with van der Waals surface area (Å²) in [7, 11) is -1.46. The van der Waals surface area contributed by atoms with Crippen molar-refractivity contribution < 1.29 is 13.2 Å². The van der Waals surface area contributed by atoms with E-state index in [9.17, 15) is 8.42 Å². The Balaban J connectivity index is 1.83. The Kier molecular flexibility index (Phi) is 3.76. The first kappa shape index (κ1) is 14.6. The molecule has 21 heavy (non-hydrogen) atoms. The minimum absolute atomic E-state index is 0.506. The molecule has 0 aliphatic carbocycles. The molecule has 0 saturated carbocycles. The maximum absolute atomic E-state index is 11.5. The van der Waals surface area contributed by atoms with Gasteiger partial charge in [0.05, 0.1) is 18.1 Å². The van der Waals surface area contributed by atoms with E-state index in [2.05, 4.69) is 9.88 Å². The number of benzene rings is 1. The van der Waals surface area contributed by atoms with Crippen molar-refractivity contribution in [3.05, 3.63) is 18.2 Å². The molecule has 0 atom stereocenters. The standard InChI is InChI=1S/C13H17N3O3S2/c1-19-10-4-3-5-11-12(10)14-13(20-11)15-6-8-16(9-7-15)21(2,17)18/h3-5H,6-9H2,1-2H3. The first-order valence-corrected chi connectivity index (χ1v) is 9.29. The Morgan fingerprint density at radius 1 is 1.24 bits per heavy atom. The lowest BCUT2D eigenvalue weighted by molar-refractivity contribution is 0.388.